The number of rotatable bonds is 6. The average molecular weight is 239 g/mol. The summed E-state index contributed by atoms with van der Waals surface area (Å²) in [4.78, 5) is 11.9. The normalized spacial score (nSPS) is 11.5. The molecule has 0 aromatic carbocycles. The molecular formula is C12H21N3O2. The highest BCUT2D eigenvalue weighted by Gasteiger charge is 2.26. The van der Waals surface area contributed by atoms with Crippen molar-refractivity contribution in [1.29, 1.82) is 0 Å². The van der Waals surface area contributed by atoms with E-state index in [2.05, 4.69) is 15.5 Å². The highest BCUT2D eigenvalue weighted by atomic mass is 16.3. The third kappa shape index (κ3) is 3.06. The molecule has 0 bridgehead atoms. The Hall–Kier alpha value is -1.36. The Labute approximate surface area is 102 Å². The number of H-pyrrole nitrogens is 1. The molecule has 1 rings (SSSR count). The zero-order chi connectivity index (χ0) is 12.9. The number of carbonyl (C=O) groups excluding carboxylic acids is 1. The smallest absolute Gasteiger partial charge is 0.254 e. The fourth-order valence-corrected chi connectivity index (χ4v) is 1.72. The van der Waals surface area contributed by atoms with E-state index in [1.807, 2.05) is 13.8 Å². The number of aliphatic hydroxyl groups is 1. The first-order valence-corrected chi connectivity index (χ1v) is 5.97. The van der Waals surface area contributed by atoms with Gasteiger partial charge in [-0.05, 0) is 19.8 Å². The largest absolute Gasteiger partial charge is 0.396 e. The minimum Gasteiger partial charge on any atom is -0.396 e. The highest BCUT2D eigenvalue weighted by Crippen LogP contribution is 2.24. The summed E-state index contributed by atoms with van der Waals surface area (Å²) in [5, 5.41) is 18.8. The Morgan fingerprint density at radius 1 is 1.53 bits per heavy atom. The number of aryl methyl sites for hydroxylation is 1. The second kappa shape index (κ2) is 5.82. The average Bonchev–Trinajstić information content (AvgIpc) is 2.78. The van der Waals surface area contributed by atoms with Crippen LogP contribution in [0.4, 0.5) is 0 Å². The van der Waals surface area contributed by atoms with Crippen LogP contribution in [0, 0.1) is 12.3 Å². The third-order valence-corrected chi connectivity index (χ3v) is 3.53. The summed E-state index contributed by atoms with van der Waals surface area (Å²) in [7, 11) is 0. The van der Waals surface area contributed by atoms with Crippen molar-refractivity contribution in [3.05, 3.63) is 17.5 Å². The molecule has 1 amide bonds. The molecule has 3 N–H and O–H groups in total. The summed E-state index contributed by atoms with van der Waals surface area (Å²) in [6.07, 6.45) is 3.19. The van der Waals surface area contributed by atoms with E-state index in [0.29, 0.717) is 12.1 Å². The van der Waals surface area contributed by atoms with Gasteiger partial charge in [-0.1, -0.05) is 13.8 Å². The van der Waals surface area contributed by atoms with Crippen LogP contribution >= 0.6 is 0 Å². The first-order chi connectivity index (χ1) is 8.08. The number of carbonyl (C=O) groups is 1. The third-order valence-electron chi connectivity index (χ3n) is 3.53. The van der Waals surface area contributed by atoms with Gasteiger partial charge in [-0.25, -0.2) is 0 Å². The van der Waals surface area contributed by atoms with Gasteiger partial charge in [-0.3, -0.25) is 9.89 Å². The lowest BCUT2D eigenvalue weighted by molar-refractivity contribution is 0.0850. The molecule has 1 aromatic rings. The monoisotopic (exact) mass is 239 g/mol. The molecule has 1 aromatic heterocycles. The molecule has 0 aliphatic carbocycles. The van der Waals surface area contributed by atoms with Gasteiger partial charge in [0.2, 0.25) is 0 Å². The fraction of sp³-hybridized carbons (Fsp3) is 0.667. The molecular weight excluding hydrogens is 218 g/mol. The predicted molar refractivity (Wildman–Crippen MR) is 65.8 cm³/mol. The van der Waals surface area contributed by atoms with Gasteiger partial charge < -0.3 is 10.4 Å². The predicted octanol–water partition coefficient (Wildman–Crippen LogP) is 1.25. The van der Waals surface area contributed by atoms with Crippen LogP contribution < -0.4 is 5.32 Å². The van der Waals surface area contributed by atoms with Crippen molar-refractivity contribution in [2.24, 2.45) is 5.41 Å². The number of aromatic nitrogens is 2. The van der Waals surface area contributed by atoms with Gasteiger partial charge in [0.1, 0.15) is 0 Å². The van der Waals surface area contributed by atoms with Gasteiger partial charge >= 0.3 is 0 Å². The lowest BCUT2D eigenvalue weighted by Crippen LogP contribution is -2.39. The quantitative estimate of drug-likeness (QED) is 0.699. The number of amides is 1. The van der Waals surface area contributed by atoms with Crippen molar-refractivity contribution in [2.75, 3.05) is 13.2 Å². The van der Waals surface area contributed by atoms with Gasteiger partial charge in [-0.15, -0.1) is 0 Å². The Bertz CT molecular complexity index is 361. The standard InChI is InChI=1S/C12H21N3O2/c1-4-12(5-2,8-16)7-13-11(17)10-6-14-15-9(10)3/h6,16H,4-5,7-8H2,1-3H3,(H,13,17)(H,14,15). The lowest BCUT2D eigenvalue weighted by atomic mass is 9.83. The van der Waals surface area contributed by atoms with Gasteiger partial charge in [0, 0.05) is 17.7 Å². The van der Waals surface area contributed by atoms with Crippen LogP contribution in [0.3, 0.4) is 0 Å². The number of aliphatic hydroxyl groups excluding tert-OH is 1. The second-order valence-corrected chi connectivity index (χ2v) is 4.46. The van der Waals surface area contributed by atoms with Crippen molar-refractivity contribution in [3.8, 4) is 0 Å². The van der Waals surface area contributed by atoms with Crippen LogP contribution in [0.15, 0.2) is 6.20 Å². The zero-order valence-corrected chi connectivity index (χ0v) is 10.7. The van der Waals surface area contributed by atoms with E-state index in [1.54, 1.807) is 6.92 Å². The van der Waals surface area contributed by atoms with Crippen LogP contribution in [0.25, 0.3) is 0 Å². The Balaban J connectivity index is 2.62. The molecule has 0 unspecified atom stereocenters. The molecule has 0 saturated carbocycles. The van der Waals surface area contributed by atoms with Crippen molar-refractivity contribution in [1.82, 2.24) is 15.5 Å². The molecule has 1 heterocycles. The SMILES string of the molecule is CCC(CC)(CO)CNC(=O)c1cn[nH]c1C. The van der Waals surface area contributed by atoms with Crippen molar-refractivity contribution < 1.29 is 9.90 Å². The van der Waals surface area contributed by atoms with Crippen LogP contribution in [0.2, 0.25) is 0 Å². The van der Waals surface area contributed by atoms with Crippen molar-refractivity contribution >= 4 is 5.91 Å². The van der Waals surface area contributed by atoms with Gasteiger partial charge in [-0.2, -0.15) is 5.10 Å². The molecule has 0 atom stereocenters. The molecule has 0 radical (unpaired) electrons. The van der Waals surface area contributed by atoms with E-state index < -0.39 is 0 Å². The van der Waals surface area contributed by atoms with Crippen LogP contribution in [0.1, 0.15) is 42.7 Å². The maximum atomic E-state index is 11.9. The van der Waals surface area contributed by atoms with E-state index in [9.17, 15) is 9.90 Å². The first kappa shape index (κ1) is 13.7. The summed E-state index contributed by atoms with van der Waals surface area (Å²) in [6.45, 7) is 6.43. The fourth-order valence-electron chi connectivity index (χ4n) is 1.72. The maximum absolute atomic E-state index is 11.9. The number of nitrogens with zero attached hydrogens (tertiary/aromatic N) is 1. The molecule has 0 saturated heterocycles. The molecule has 0 fully saturated rings. The van der Waals surface area contributed by atoms with Crippen molar-refractivity contribution in [3.63, 3.8) is 0 Å². The second-order valence-electron chi connectivity index (χ2n) is 4.46. The summed E-state index contributed by atoms with van der Waals surface area (Å²) in [5.74, 6) is -0.143. The molecule has 5 heteroatoms. The Morgan fingerprint density at radius 3 is 2.59 bits per heavy atom. The number of hydrogen-bond acceptors (Lipinski definition) is 3. The summed E-state index contributed by atoms with van der Waals surface area (Å²) >= 11 is 0. The number of nitrogens with one attached hydrogen (secondary N) is 2. The summed E-state index contributed by atoms with van der Waals surface area (Å²) in [6, 6.07) is 0. The number of aromatic amines is 1. The van der Waals surface area contributed by atoms with Gasteiger partial charge in [0.05, 0.1) is 18.4 Å². The van der Waals surface area contributed by atoms with E-state index in [-0.39, 0.29) is 17.9 Å². The van der Waals surface area contributed by atoms with E-state index in [0.717, 1.165) is 18.5 Å². The van der Waals surface area contributed by atoms with Gasteiger partial charge in [0.15, 0.2) is 0 Å². The van der Waals surface area contributed by atoms with E-state index >= 15 is 0 Å². The number of hydrogen-bond donors (Lipinski definition) is 3. The maximum Gasteiger partial charge on any atom is 0.254 e. The van der Waals surface area contributed by atoms with E-state index in [1.165, 1.54) is 6.20 Å². The minimum atomic E-state index is -0.215. The highest BCUT2D eigenvalue weighted by molar-refractivity contribution is 5.94. The van der Waals surface area contributed by atoms with Crippen LogP contribution in [-0.2, 0) is 0 Å². The topological polar surface area (TPSA) is 78.0 Å². The molecule has 17 heavy (non-hydrogen) atoms. The minimum absolute atomic E-state index is 0.0879. The zero-order valence-electron chi connectivity index (χ0n) is 10.7. The summed E-state index contributed by atoms with van der Waals surface area (Å²) < 4.78 is 0. The Morgan fingerprint density at radius 2 is 2.18 bits per heavy atom. The van der Waals surface area contributed by atoms with Gasteiger partial charge in [0.25, 0.3) is 5.91 Å². The molecule has 0 aliphatic rings. The first-order valence-electron chi connectivity index (χ1n) is 5.97. The van der Waals surface area contributed by atoms with Crippen LogP contribution in [0.5, 0.6) is 0 Å². The van der Waals surface area contributed by atoms with Crippen molar-refractivity contribution in [2.45, 2.75) is 33.6 Å². The van der Waals surface area contributed by atoms with E-state index in [4.69, 9.17) is 0 Å². The molecule has 0 spiro atoms. The summed E-state index contributed by atoms with van der Waals surface area (Å²) in [5.41, 5.74) is 1.10. The lowest BCUT2D eigenvalue weighted by Gasteiger charge is -2.29. The molecule has 0 aliphatic heterocycles. The van der Waals surface area contributed by atoms with Crippen LogP contribution in [-0.4, -0.2) is 34.4 Å². The Kier molecular flexibility index (Phi) is 4.69. The molecule has 5 nitrogen and oxygen atoms in total. The molecule has 96 valence electrons.